The van der Waals surface area contributed by atoms with Crippen LogP contribution in [-0.4, -0.2) is 32.7 Å². The number of thioether (sulfide) groups is 1. The molecule has 0 aliphatic carbocycles. The normalized spacial score (nSPS) is 11.0. The second-order valence-corrected chi connectivity index (χ2v) is 9.51. The molecule has 4 aromatic rings. The molecule has 4 N–H and O–H groups in total. The van der Waals surface area contributed by atoms with Crippen molar-refractivity contribution in [2.75, 3.05) is 22.3 Å². The van der Waals surface area contributed by atoms with Gasteiger partial charge in [-0.3, -0.25) is 4.79 Å². The van der Waals surface area contributed by atoms with Crippen LogP contribution in [0, 0.1) is 13.8 Å². The molecule has 0 bridgehead atoms. The molecule has 0 aliphatic rings. The van der Waals surface area contributed by atoms with Crippen molar-refractivity contribution < 1.29 is 9.53 Å². The molecule has 4 rings (SSSR count). The van der Waals surface area contributed by atoms with Crippen molar-refractivity contribution in [2.24, 2.45) is 5.10 Å². The predicted octanol–water partition coefficient (Wildman–Crippen LogP) is 5.02. The molecule has 0 fully saturated rings. The summed E-state index contributed by atoms with van der Waals surface area (Å²) in [4.78, 5) is 12.3. The minimum Gasteiger partial charge on any atom is -0.488 e. The third-order valence-electron chi connectivity index (χ3n) is 5.38. The van der Waals surface area contributed by atoms with Gasteiger partial charge >= 0.3 is 0 Å². The van der Waals surface area contributed by atoms with Crippen LogP contribution in [-0.2, 0) is 11.4 Å². The van der Waals surface area contributed by atoms with Crippen molar-refractivity contribution >= 4 is 47.1 Å². The van der Waals surface area contributed by atoms with E-state index in [0.717, 1.165) is 22.4 Å². The molecule has 0 spiro atoms. The molecule has 0 atom stereocenters. The Hall–Kier alpha value is -4.02. The molecule has 37 heavy (non-hydrogen) atoms. The maximum atomic E-state index is 12.3. The van der Waals surface area contributed by atoms with E-state index in [4.69, 9.17) is 22.2 Å². The van der Waals surface area contributed by atoms with E-state index in [1.807, 2.05) is 80.6 Å². The summed E-state index contributed by atoms with van der Waals surface area (Å²) >= 11 is 7.11. The molecule has 3 aromatic carbocycles. The van der Waals surface area contributed by atoms with Crippen LogP contribution in [0.25, 0.3) is 0 Å². The molecule has 0 aliphatic heterocycles. The van der Waals surface area contributed by atoms with Gasteiger partial charge in [0, 0.05) is 16.3 Å². The van der Waals surface area contributed by atoms with Gasteiger partial charge in [-0.05, 0) is 66.9 Å². The first kappa shape index (κ1) is 26.1. The number of carbonyl (C=O) groups is 1. The number of halogens is 1. The summed E-state index contributed by atoms with van der Waals surface area (Å²) < 4.78 is 7.19. The summed E-state index contributed by atoms with van der Waals surface area (Å²) in [7, 11) is 0. The summed E-state index contributed by atoms with van der Waals surface area (Å²) in [6.45, 7) is 4.42. The first-order valence-corrected chi connectivity index (χ1v) is 12.7. The van der Waals surface area contributed by atoms with Gasteiger partial charge in [0.1, 0.15) is 12.4 Å². The minimum absolute atomic E-state index is 0.129. The van der Waals surface area contributed by atoms with Crippen molar-refractivity contribution in [1.82, 2.24) is 14.9 Å². The lowest BCUT2D eigenvalue weighted by Gasteiger charge is -2.09. The van der Waals surface area contributed by atoms with Crippen LogP contribution in [0.1, 0.15) is 22.3 Å². The van der Waals surface area contributed by atoms with E-state index in [-0.39, 0.29) is 17.6 Å². The molecule has 190 valence electrons. The molecular weight excluding hydrogens is 510 g/mol. The standard InChI is InChI=1S/C26H26ClN7O2S/c1-17-7-12-22(13-18(17)2)30-24(35)16-37-26-33-32-25(34(26)28)31-29-14-20-5-3-4-6-23(20)36-15-19-8-10-21(27)11-9-19/h3-14H,15-16,28H2,1-2H3,(H,30,35)(H,31,32)/b29-14+. The highest BCUT2D eigenvalue weighted by atomic mass is 35.5. The third-order valence-corrected chi connectivity index (χ3v) is 6.58. The van der Waals surface area contributed by atoms with E-state index in [2.05, 4.69) is 26.0 Å². The Balaban J connectivity index is 1.31. The average Bonchev–Trinajstić information content (AvgIpc) is 3.24. The number of hydrogen-bond acceptors (Lipinski definition) is 8. The first-order valence-electron chi connectivity index (χ1n) is 11.3. The number of anilines is 2. The Morgan fingerprint density at radius 2 is 1.89 bits per heavy atom. The van der Waals surface area contributed by atoms with E-state index in [9.17, 15) is 4.79 Å². The summed E-state index contributed by atoms with van der Waals surface area (Å²) in [5.74, 6) is 6.94. The summed E-state index contributed by atoms with van der Waals surface area (Å²) in [6.07, 6.45) is 1.61. The van der Waals surface area contributed by atoms with Gasteiger partial charge in [0.15, 0.2) is 0 Å². The van der Waals surface area contributed by atoms with Crippen LogP contribution in [0.15, 0.2) is 77.0 Å². The minimum atomic E-state index is -0.168. The zero-order valence-electron chi connectivity index (χ0n) is 20.3. The number of rotatable bonds is 10. The summed E-state index contributed by atoms with van der Waals surface area (Å²) in [5, 5.41) is 16.2. The average molecular weight is 536 g/mol. The number of nitrogens with two attached hydrogens (primary N) is 1. The fourth-order valence-corrected chi connectivity index (χ4v) is 4.00. The van der Waals surface area contributed by atoms with Crippen LogP contribution in [0.3, 0.4) is 0 Å². The number of hydrogen-bond donors (Lipinski definition) is 3. The molecule has 9 nitrogen and oxygen atoms in total. The number of nitrogen functional groups attached to an aromatic ring is 1. The fraction of sp³-hybridized carbons (Fsp3) is 0.154. The van der Waals surface area contributed by atoms with Crippen molar-refractivity contribution in [2.45, 2.75) is 25.6 Å². The lowest BCUT2D eigenvalue weighted by Crippen LogP contribution is -2.17. The van der Waals surface area contributed by atoms with Gasteiger partial charge in [0.2, 0.25) is 11.1 Å². The molecule has 0 radical (unpaired) electrons. The zero-order valence-corrected chi connectivity index (χ0v) is 21.9. The molecular formula is C26H26ClN7O2S. The van der Waals surface area contributed by atoms with E-state index in [1.54, 1.807) is 6.21 Å². The van der Waals surface area contributed by atoms with E-state index in [0.29, 0.717) is 22.5 Å². The van der Waals surface area contributed by atoms with Crippen LogP contribution in [0.5, 0.6) is 5.75 Å². The lowest BCUT2D eigenvalue weighted by molar-refractivity contribution is -0.113. The zero-order chi connectivity index (χ0) is 26.2. The van der Waals surface area contributed by atoms with Gasteiger partial charge in [-0.25, -0.2) is 10.1 Å². The van der Waals surface area contributed by atoms with E-state index >= 15 is 0 Å². The fourth-order valence-electron chi connectivity index (χ4n) is 3.22. The Morgan fingerprint density at radius 3 is 2.68 bits per heavy atom. The van der Waals surface area contributed by atoms with Crippen LogP contribution >= 0.6 is 23.4 Å². The third kappa shape index (κ3) is 7.25. The van der Waals surface area contributed by atoms with Gasteiger partial charge in [0.25, 0.3) is 5.95 Å². The number of carbonyl (C=O) groups excluding carboxylic acids is 1. The highest BCUT2D eigenvalue weighted by molar-refractivity contribution is 7.99. The van der Waals surface area contributed by atoms with Crippen LogP contribution < -0.4 is 21.3 Å². The van der Waals surface area contributed by atoms with Gasteiger partial charge in [-0.2, -0.15) is 5.10 Å². The number of aromatic nitrogens is 3. The number of nitrogens with one attached hydrogen (secondary N) is 2. The molecule has 1 aromatic heterocycles. The van der Waals surface area contributed by atoms with E-state index < -0.39 is 0 Å². The smallest absolute Gasteiger partial charge is 0.264 e. The maximum absolute atomic E-state index is 12.3. The number of aryl methyl sites for hydroxylation is 2. The second-order valence-electron chi connectivity index (χ2n) is 8.14. The maximum Gasteiger partial charge on any atom is 0.264 e. The Kier molecular flexibility index (Phi) is 8.65. The van der Waals surface area contributed by atoms with Crippen molar-refractivity contribution in [1.29, 1.82) is 0 Å². The lowest BCUT2D eigenvalue weighted by atomic mass is 10.1. The Labute approximate surface area is 224 Å². The summed E-state index contributed by atoms with van der Waals surface area (Å²) in [6, 6.07) is 20.8. The topological polar surface area (TPSA) is 119 Å². The SMILES string of the molecule is Cc1ccc(NC(=O)CSc2nnc(N/N=C/c3ccccc3OCc3ccc(Cl)cc3)n2N)cc1C. The van der Waals surface area contributed by atoms with Gasteiger partial charge in [0.05, 0.1) is 12.0 Å². The quantitative estimate of drug-likeness (QED) is 0.113. The number of hydrazone groups is 1. The molecule has 0 saturated carbocycles. The number of ether oxygens (including phenoxy) is 1. The highest BCUT2D eigenvalue weighted by Gasteiger charge is 2.12. The first-order chi connectivity index (χ1) is 17.9. The van der Waals surface area contributed by atoms with Gasteiger partial charge in [-0.1, -0.05) is 53.7 Å². The monoisotopic (exact) mass is 535 g/mol. The largest absolute Gasteiger partial charge is 0.488 e. The van der Waals surface area contributed by atoms with Crippen molar-refractivity contribution in [3.05, 3.63) is 94.0 Å². The van der Waals surface area contributed by atoms with Crippen molar-refractivity contribution in [3.63, 3.8) is 0 Å². The highest BCUT2D eigenvalue weighted by Crippen LogP contribution is 2.20. The molecule has 1 amide bonds. The number of nitrogens with zero attached hydrogens (tertiary/aromatic N) is 4. The Morgan fingerprint density at radius 1 is 1.11 bits per heavy atom. The Bertz CT molecular complexity index is 1410. The van der Waals surface area contributed by atoms with Crippen LogP contribution in [0.4, 0.5) is 11.6 Å². The molecule has 0 unspecified atom stereocenters. The molecule has 1 heterocycles. The molecule has 11 heteroatoms. The number of amides is 1. The van der Waals surface area contributed by atoms with E-state index in [1.165, 1.54) is 22.0 Å². The summed E-state index contributed by atoms with van der Waals surface area (Å²) in [5.41, 5.74) is 7.57. The van der Waals surface area contributed by atoms with Gasteiger partial charge < -0.3 is 15.9 Å². The predicted molar refractivity (Wildman–Crippen MR) is 149 cm³/mol. The second kappa shape index (κ2) is 12.3. The number of benzene rings is 3. The van der Waals surface area contributed by atoms with Gasteiger partial charge in [-0.15, -0.1) is 10.2 Å². The molecule has 0 saturated heterocycles. The van der Waals surface area contributed by atoms with Crippen LogP contribution in [0.2, 0.25) is 5.02 Å². The van der Waals surface area contributed by atoms with Crippen molar-refractivity contribution in [3.8, 4) is 5.75 Å². The number of para-hydroxylation sites is 1.